The van der Waals surface area contributed by atoms with Crippen molar-refractivity contribution in [1.29, 1.82) is 0 Å². The first kappa shape index (κ1) is 11.6. The van der Waals surface area contributed by atoms with Crippen molar-refractivity contribution >= 4 is 16.7 Å². The van der Waals surface area contributed by atoms with Gasteiger partial charge in [-0.3, -0.25) is 4.79 Å². The molecule has 92 valence electrons. The molecule has 0 radical (unpaired) electrons. The molecule has 4 nitrogen and oxygen atoms in total. The summed E-state index contributed by atoms with van der Waals surface area (Å²) in [4.78, 5) is 11.8. The predicted molar refractivity (Wildman–Crippen MR) is 57.6 cm³/mol. The number of aryl methyl sites for hydroxylation is 1. The Kier molecular flexibility index (Phi) is 2.60. The summed E-state index contributed by atoms with van der Waals surface area (Å²) in [5.41, 5.74) is 4.90. The Labute approximate surface area is 94.1 Å². The van der Waals surface area contributed by atoms with Gasteiger partial charge in [-0.05, 0) is 6.07 Å². The van der Waals surface area contributed by atoms with E-state index < -0.39 is 24.3 Å². The molecule has 2 rings (SSSR count). The summed E-state index contributed by atoms with van der Waals surface area (Å²) in [6.07, 6.45) is -1.94. The van der Waals surface area contributed by atoms with Crippen molar-refractivity contribution in [3.8, 4) is 0 Å². The average Bonchev–Trinajstić information content (AvgIpc) is 2.52. The van der Waals surface area contributed by atoms with Crippen LogP contribution in [0.4, 0.5) is 19.0 Å². The summed E-state index contributed by atoms with van der Waals surface area (Å²) in [5, 5.41) is 0.00523. The third kappa shape index (κ3) is 1.77. The van der Waals surface area contributed by atoms with Crippen molar-refractivity contribution in [2.75, 3.05) is 5.73 Å². The minimum atomic E-state index is -2.72. The van der Waals surface area contributed by atoms with Crippen LogP contribution in [0.5, 0.6) is 0 Å². The number of rotatable bonds is 2. The highest BCUT2D eigenvalue weighted by Crippen LogP contribution is 2.20. The first-order valence-corrected chi connectivity index (χ1v) is 4.83. The maximum Gasteiger partial charge on any atom is 0.260 e. The lowest BCUT2D eigenvalue weighted by Crippen LogP contribution is -2.23. The Morgan fingerprint density at radius 2 is 2.12 bits per heavy atom. The zero-order valence-electron chi connectivity index (χ0n) is 8.95. The fraction of sp³-hybridized carbons (Fsp3) is 0.300. The van der Waals surface area contributed by atoms with Gasteiger partial charge < -0.3 is 14.9 Å². The van der Waals surface area contributed by atoms with Crippen LogP contribution >= 0.6 is 0 Å². The van der Waals surface area contributed by atoms with Crippen LogP contribution in [0.25, 0.3) is 10.9 Å². The lowest BCUT2D eigenvalue weighted by Gasteiger charge is -2.06. The number of aromatic nitrogens is 2. The molecule has 0 saturated heterocycles. The molecule has 0 fully saturated rings. The van der Waals surface area contributed by atoms with E-state index in [-0.39, 0.29) is 16.7 Å². The van der Waals surface area contributed by atoms with Gasteiger partial charge in [-0.15, -0.1) is 0 Å². The highest BCUT2D eigenvalue weighted by molar-refractivity contribution is 5.83. The van der Waals surface area contributed by atoms with Crippen molar-refractivity contribution in [2.24, 2.45) is 7.05 Å². The topological polar surface area (TPSA) is 52.9 Å². The third-order valence-electron chi connectivity index (χ3n) is 2.59. The molecule has 2 heterocycles. The van der Waals surface area contributed by atoms with Crippen LogP contribution in [-0.2, 0) is 13.6 Å². The molecule has 7 heteroatoms. The van der Waals surface area contributed by atoms with Crippen molar-refractivity contribution in [3.63, 3.8) is 0 Å². The molecular formula is C10H10F3N3O. The van der Waals surface area contributed by atoms with E-state index in [1.807, 2.05) is 0 Å². The second-order valence-corrected chi connectivity index (χ2v) is 3.72. The molecule has 0 atom stereocenters. The van der Waals surface area contributed by atoms with Crippen molar-refractivity contribution < 1.29 is 13.2 Å². The summed E-state index contributed by atoms with van der Waals surface area (Å²) in [7, 11) is 1.50. The summed E-state index contributed by atoms with van der Waals surface area (Å²) < 4.78 is 40.0. The van der Waals surface area contributed by atoms with E-state index >= 15 is 0 Å². The van der Waals surface area contributed by atoms with Gasteiger partial charge in [-0.1, -0.05) is 0 Å². The summed E-state index contributed by atoms with van der Waals surface area (Å²) >= 11 is 0. The number of nitrogens with two attached hydrogens (primary N) is 1. The number of hydrogen-bond donors (Lipinski definition) is 1. The van der Waals surface area contributed by atoms with Gasteiger partial charge in [0, 0.05) is 13.2 Å². The van der Waals surface area contributed by atoms with Gasteiger partial charge in [0.25, 0.3) is 12.0 Å². The zero-order chi connectivity index (χ0) is 12.7. The summed E-state index contributed by atoms with van der Waals surface area (Å²) in [6.45, 7) is -0.833. The largest absolute Gasteiger partial charge is 0.385 e. The second kappa shape index (κ2) is 3.83. The number of nitrogen functional groups attached to an aromatic ring is 1. The number of alkyl halides is 2. The van der Waals surface area contributed by atoms with Crippen LogP contribution in [-0.4, -0.2) is 15.6 Å². The van der Waals surface area contributed by atoms with Crippen LogP contribution in [0.2, 0.25) is 0 Å². The standard InChI is InChI=1S/C10H10F3N3O/c1-15-8(14)2-5-9(15)6(11)3-16(10(5)17)4-7(12)13/h2-3,7H,4,14H2,1H3. The minimum Gasteiger partial charge on any atom is -0.385 e. The first-order valence-electron chi connectivity index (χ1n) is 4.83. The fourth-order valence-electron chi connectivity index (χ4n) is 1.77. The molecule has 0 saturated carbocycles. The van der Waals surface area contributed by atoms with E-state index in [2.05, 4.69) is 0 Å². The number of halogens is 3. The SMILES string of the molecule is Cn1c(N)cc2c(=O)n(CC(F)F)cc(F)c21. The Bertz CT molecular complexity index is 630. The van der Waals surface area contributed by atoms with Gasteiger partial charge in [-0.2, -0.15) is 0 Å². The van der Waals surface area contributed by atoms with E-state index in [9.17, 15) is 18.0 Å². The maximum absolute atomic E-state index is 13.7. The van der Waals surface area contributed by atoms with Crippen molar-refractivity contribution in [1.82, 2.24) is 9.13 Å². The second-order valence-electron chi connectivity index (χ2n) is 3.72. The van der Waals surface area contributed by atoms with Crippen LogP contribution < -0.4 is 11.3 Å². The molecule has 0 aliphatic rings. The predicted octanol–water partition coefficient (Wildman–Crippen LogP) is 1.33. The Morgan fingerprint density at radius 1 is 1.47 bits per heavy atom. The fourth-order valence-corrected chi connectivity index (χ4v) is 1.77. The molecule has 17 heavy (non-hydrogen) atoms. The van der Waals surface area contributed by atoms with Crippen molar-refractivity contribution in [3.05, 3.63) is 28.4 Å². The van der Waals surface area contributed by atoms with E-state index in [0.717, 1.165) is 6.20 Å². The number of fused-ring (bicyclic) bond motifs is 1. The van der Waals surface area contributed by atoms with E-state index in [1.165, 1.54) is 17.7 Å². The Morgan fingerprint density at radius 3 is 2.71 bits per heavy atom. The number of nitrogens with zero attached hydrogens (tertiary/aromatic N) is 2. The number of pyridine rings is 1. The van der Waals surface area contributed by atoms with Gasteiger partial charge >= 0.3 is 0 Å². The van der Waals surface area contributed by atoms with E-state index in [1.54, 1.807) is 0 Å². The normalized spacial score (nSPS) is 11.6. The molecule has 2 aromatic rings. The van der Waals surface area contributed by atoms with Gasteiger partial charge in [0.2, 0.25) is 0 Å². The Hall–Kier alpha value is -1.92. The van der Waals surface area contributed by atoms with Gasteiger partial charge in [-0.25, -0.2) is 13.2 Å². The number of hydrogen-bond acceptors (Lipinski definition) is 2. The monoisotopic (exact) mass is 245 g/mol. The van der Waals surface area contributed by atoms with Gasteiger partial charge in [0.15, 0.2) is 5.82 Å². The molecule has 0 spiro atoms. The van der Waals surface area contributed by atoms with Gasteiger partial charge in [0.05, 0.1) is 17.4 Å². The molecule has 2 aromatic heterocycles. The van der Waals surface area contributed by atoms with E-state index in [0.29, 0.717) is 4.57 Å². The molecule has 0 aliphatic heterocycles. The molecule has 0 unspecified atom stereocenters. The highest BCUT2D eigenvalue weighted by atomic mass is 19.3. The molecular weight excluding hydrogens is 235 g/mol. The van der Waals surface area contributed by atoms with Crippen LogP contribution in [0.3, 0.4) is 0 Å². The zero-order valence-corrected chi connectivity index (χ0v) is 8.95. The quantitative estimate of drug-likeness (QED) is 0.867. The molecule has 0 amide bonds. The number of anilines is 1. The van der Waals surface area contributed by atoms with Crippen LogP contribution in [0, 0.1) is 5.82 Å². The maximum atomic E-state index is 13.7. The Balaban J connectivity index is 2.77. The molecule has 0 bridgehead atoms. The molecule has 0 aromatic carbocycles. The summed E-state index contributed by atoms with van der Waals surface area (Å²) in [6, 6.07) is 1.28. The third-order valence-corrected chi connectivity index (χ3v) is 2.59. The van der Waals surface area contributed by atoms with Crippen molar-refractivity contribution in [2.45, 2.75) is 13.0 Å². The molecule has 0 aliphatic carbocycles. The highest BCUT2D eigenvalue weighted by Gasteiger charge is 2.15. The lowest BCUT2D eigenvalue weighted by atomic mass is 10.3. The average molecular weight is 245 g/mol. The minimum absolute atomic E-state index is 0.00523. The smallest absolute Gasteiger partial charge is 0.260 e. The van der Waals surface area contributed by atoms with E-state index in [4.69, 9.17) is 5.73 Å². The summed E-state index contributed by atoms with van der Waals surface area (Å²) in [5.74, 6) is -0.551. The van der Waals surface area contributed by atoms with Gasteiger partial charge in [0.1, 0.15) is 5.82 Å². The van der Waals surface area contributed by atoms with Crippen LogP contribution in [0.1, 0.15) is 0 Å². The first-order chi connectivity index (χ1) is 7.91. The lowest BCUT2D eigenvalue weighted by molar-refractivity contribution is 0.125. The molecule has 2 N–H and O–H groups in total. The van der Waals surface area contributed by atoms with Crippen LogP contribution in [0.15, 0.2) is 17.1 Å².